The van der Waals surface area contributed by atoms with E-state index in [1.807, 2.05) is 24.3 Å². The molecule has 28 heavy (non-hydrogen) atoms. The maximum Gasteiger partial charge on any atom is 0.251 e. The van der Waals surface area contributed by atoms with E-state index in [0.29, 0.717) is 24.5 Å². The lowest BCUT2D eigenvalue weighted by atomic mass is 9.91. The fourth-order valence-electron chi connectivity index (χ4n) is 2.71. The van der Waals surface area contributed by atoms with Crippen molar-refractivity contribution in [3.8, 4) is 0 Å². The Morgan fingerprint density at radius 1 is 1.18 bits per heavy atom. The number of benzene rings is 1. The number of hydroxylamine groups is 2. The lowest BCUT2D eigenvalue weighted by Crippen LogP contribution is -2.43. The van der Waals surface area contributed by atoms with Gasteiger partial charge in [-0.15, -0.1) is 0 Å². The van der Waals surface area contributed by atoms with Crippen LogP contribution in [-0.2, 0) is 25.2 Å². The summed E-state index contributed by atoms with van der Waals surface area (Å²) in [6.07, 6.45) is 0.915. The molecule has 2 atom stereocenters. The van der Waals surface area contributed by atoms with Gasteiger partial charge in [0.15, 0.2) is 8.32 Å². The molecular weight excluding hydrogens is 394 g/mol. The number of carbonyl (C=O) groups excluding carboxylic acids is 1. The molecule has 0 aliphatic heterocycles. The predicted octanol–water partition coefficient (Wildman–Crippen LogP) is 4.95. The van der Waals surface area contributed by atoms with Crippen molar-refractivity contribution in [3.05, 3.63) is 34.9 Å². The largest absolute Gasteiger partial charge is 0.417 e. The second kappa shape index (κ2) is 10.7. The molecule has 1 amide bonds. The van der Waals surface area contributed by atoms with Crippen LogP contribution in [0.1, 0.15) is 32.8 Å². The van der Waals surface area contributed by atoms with Crippen LogP contribution in [0.2, 0.25) is 23.2 Å². The fourth-order valence-corrected chi connectivity index (χ4v) is 3.89. The Labute approximate surface area is 176 Å². The summed E-state index contributed by atoms with van der Waals surface area (Å²) in [5.41, 5.74) is 1.03. The zero-order valence-corrected chi connectivity index (χ0v) is 20.3. The molecule has 0 bridgehead atoms. The smallest absolute Gasteiger partial charge is 0.251 e. The van der Waals surface area contributed by atoms with Gasteiger partial charge in [-0.3, -0.25) is 9.63 Å². The molecule has 0 fully saturated rings. The van der Waals surface area contributed by atoms with Crippen LogP contribution in [-0.4, -0.2) is 53.3 Å². The van der Waals surface area contributed by atoms with Crippen molar-refractivity contribution in [3.63, 3.8) is 0 Å². The molecule has 0 saturated heterocycles. The highest BCUT2D eigenvalue weighted by Crippen LogP contribution is 2.36. The predicted molar refractivity (Wildman–Crippen MR) is 117 cm³/mol. The normalized spacial score (nSPS) is 14.6. The van der Waals surface area contributed by atoms with Gasteiger partial charge in [0.2, 0.25) is 0 Å². The van der Waals surface area contributed by atoms with Crippen LogP contribution in [0, 0.1) is 5.92 Å². The summed E-state index contributed by atoms with van der Waals surface area (Å²) in [6, 6.07) is 7.55. The molecule has 0 saturated carbocycles. The number of ether oxygens (including phenoxy) is 1. The standard InChI is InChI=1S/C21H36ClNO4Si/c1-21(2,3)28(7,8)27-14-13-19(25-5)18(20(24)23(4)26-6)15-16-9-11-17(22)12-10-16/h9-12,18-19H,13-15H2,1-8H3/t18-,19+/m0/s1. The van der Waals surface area contributed by atoms with Gasteiger partial charge in [0.05, 0.1) is 19.1 Å². The van der Waals surface area contributed by atoms with E-state index >= 15 is 0 Å². The number of halogens is 1. The van der Waals surface area contributed by atoms with Gasteiger partial charge in [-0.25, -0.2) is 5.06 Å². The highest BCUT2D eigenvalue weighted by molar-refractivity contribution is 6.74. The molecule has 1 aromatic rings. The zero-order valence-electron chi connectivity index (χ0n) is 18.5. The van der Waals surface area contributed by atoms with E-state index in [4.69, 9.17) is 25.6 Å². The Kier molecular flexibility index (Phi) is 9.63. The van der Waals surface area contributed by atoms with E-state index in [2.05, 4.69) is 33.9 Å². The molecule has 0 aliphatic carbocycles. The van der Waals surface area contributed by atoms with E-state index in [1.165, 1.54) is 12.2 Å². The van der Waals surface area contributed by atoms with Crippen molar-refractivity contribution in [1.82, 2.24) is 5.06 Å². The number of rotatable bonds is 10. The SMILES string of the molecule is CO[C@H](CCO[Si](C)(C)C(C)(C)C)[C@H](Cc1ccc(Cl)cc1)C(=O)N(C)OC. The summed E-state index contributed by atoms with van der Waals surface area (Å²) in [5, 5.41) is 2.08. The lowest BCUT2D eigenvalue weighted by molar-refractivity contribution is -0.178. The van der Waals surface area contributed by atoms with Gasteiger partial charge < -0.3 is 9.16 Å². The van der Waals surface area contributed by atoms with Crippen molar-refractivity contribution in [1.29, 1.82) is 0 Å². The van der Waals surface area contributed by atoms with Crippen molar-refractivity contribution in [2.75, 3.05) is 27.9 Å². The molecule has 1 aromatic carbocycles. The number of carbonyl (C=O) groups is 1. The van der Waals surface area contributed by atoms with Crippen molar-refractivity contribution < 1.29 is 18.8 Å². The van der Waals surface area contributed by atoms with Gasteiger partial charge in [-0.1, -0.05) is 44.5 Å². The van der Waals surface area contributed by atoms with Crippen LogP contribution in [0.4, 0.5) is 0 Å². The van der Waals surface area contributed by atoms with Crippen molar-refractivity contribution in [2.24, 2.45) is 5.92 Å². The molecule has 0 unspecified atom stereocenters. The monoisotopic (exact) mass is 429 g/mol. The first kappa shape index (κ1) is 25.1. The number of amides is 1. The average Bonchev–Trinajstić information content (AvgIpc) is 2.63. The Balaban J connectivity index is 2.92. The summed E-state index contributed by atoms with van der Waals surface area (Å²) in [5.74, 6) is -0.490. The summed E-state index contributed by atoms with van der Waals surface area (Å²) in [6.45, 7) is 11.7. The van der Waals surface area contributed by atoms with Gasteiger partial charge in [0.1, 0.15) is 0 Å². The first-order valence-electron chi connectivity index (χ1n) is 9.65. The van der Waals surface area contributed by atoms with Gasteiger partial charge in [-0.05, 0) is 48.7 Å². The van der Waals surface area contributed by atoms with Crippen LogP contribution >= 0.6 is 11.6 Å². The van der Waals surface area contributed by atoms with E-state index in [9.17, 15) is 4.79 Å². The summed E-state index contributed by atoms with van der Waals surface area (Å²) < 4.78 is 12.0. The molecule has 0 aliphatic rings. The highest BCUT2D eigenvalue weighted by Gasteiger charge is 2.38. The molecule has 0 N–H and O–H groups in total. The molecule has 0 heterocycles. The number of methoxy groups -OCH3 is 1. The van der Waals surface area contributed by atoms with Crippen molar-refractivity contribution >= 4 is 25.8 Å². The van der Waals surface area contributed by atoms with E-state index in [1.54, 1.807) is 14.2 Å². The minimum absolute atomic E-state index is 0.114. The van der Waals surface area contributed by atoms with Crippen LogP contribution in [0.5, 0.6) is 0 Å². The third kappa shape index (κ3) is 7.15. The number of nitrogens with zero attached hydrogens (tertiary/aromatic N) is 1. The topological polar surface area (TPSA) is 48.0 Å². The molecule has 7 heteroatoms. The number of hydrogen-bond donors (Lipinski definition) is 0. The van der Waals surface area contributed by atoms with Crippen LogP contribution in [0.3, 0.4) is 0 Å². The lowest BCUT2D eigenvalue weighted by Gasteiger charge is -2.37. The number of hydrogen-bond acceptors (Lipinski definition) is 4. The van der Waals surface area contributed by atoms with Crippen molar-refractivity contribution in [2.45, 2.75) is 57.8 Å². The van der Waals surface area contributed by atoms with E-state index in [0.717, 1.165) is 5.56 Å². The molecular formula is C21H36ClNO4Si. The third-order valence-corrected chi connectivity index (χ3v) is 10.5. The molecule has 160 valence electrons. The maximum absolute atomic E-state index is 12.9. The highest BCUT2D eigenvalue weighted by atomic mass is 35.5. The first-order chi connectivity index (χ1) is 12.9. The maximum atomic E-state index is 12.9. The van der Waals surface area contributed by atoms with Gasteiger partial charge in [-0.2, -0.15) is 0 Å². The summed E-state index contributed by atoms with van der Waals surface area (Å²) in [4.78, 5) is 18.1. The van der Waals surface area contributed by atoms with Crippen LogP contribution < -0.4 is 0 Å². The molecule has 0 aromatic heterocycles. The van der Waals surface area contributed by atoms with Gasteiger partial charge in [0, 0.05) is 25.8 Å². The van der Waals surface area contributed by atoms with Gasteiger partial charge in [0.25, 0.3) is 5.91 Å². The van der Waals surface area contributed by atoms with E-state index < -0.39 is 8.32 Å². The van der Waals surface area contributed by atoms with E-state index in [-0.39, 0.29) is 23.0 Å². The Bertz CT molecular complexity index is 616. The molecule has 0 radical (unpaired) electrons. The Morgan fingerprint density at radius 3 is 2.21 bits per heavy atom. The first-order valence-corrected chi connectivity index (χ1v) is 12.9. The fraction of sp³-hybridized carbons (Fsp3) is 0.667. The third-order valence-electron chi connectivity index (χ3n) is 5.69. The van der Waals surface area contributed by atoms with Crippen LogP contribution in [0.15, 0.2) is 24.3 Å². The average molecular weight is 430 g/mol. The molecule has 0 spiro atoms. The Morgan fingerprint density at radius 2 is 1.75 bits per heavy atom. The summed E-state index contributed by atoms with van der Waals surface area (Å²) in [7, 11) is 2.91. The minimum Gasteiger partial charge on any atom is -0.417 e. The zero-order chi connectivity index (χ0) is 21.5. The molecule has 1 rings (SSSR count). The second-order valence-corrected chi connectivity index (χ2v) is 13.9. The quantitative estimate of drug-likeness (QED) is 0.390. The summed E-state index contributed by atoms with van der Waals surface area (Å²) >= 11 is 5.99. The van der Waals surface area contributed by atoms with Crippen LogP contribution in [0.25, 0.3) is 0 Å². The Hall–Kier alpha value is -0.923. The van der Waals surface area contributed by atoms with Gasteiger partial charge >= 0.3 is 0 Å². The minimum atomic E-state index is -1.85. The molecule has 5 nitrogen and oxygen atoms in total. The second-order valence-electron chi connectivity index (χ2n) is 8.63.